The highest BCUT2D eigenvalue weighted by molar-refractivity contribution is 6.33. The van der Waals surface area contributed by atoms with E-state index in [-0.39, 0.29) is 17.5 Å². The molecule has 0 radical (unpaired) electrons. The van der Waals surface area contributed by atoms with E-state index >= 15 is 0 Å². The SMILES string of the molecule is CC(=O)NC1CCN(CCOc2ccc(NC(=O)c3cccc(C(F)(F)F)c3)cc2-c2c(Cl)cnn2C)CC1. The van der Waals surface area contributed by atoms with Gasteiger partial charge < -0.3 is 15.4 Å². The number of alkyl halides is 3. The highest BCUT2D eigenvalue weighted by Crippen LogP contribution is 2.37. The Balaban J connectivity index is 1.47. The predicted octanol–water partition coefficient (Wildman–Crippen LogP) is 4.99. The van der Waals surface area contributed by atoms with Crippen molar-refractivity contribution in [2.75, 3.05) is 31.6 Å². The average Bonchev–Trinajstić information content (AvgIpc) is 3.22. The van der Waals surface area contributed by atoms with Gasteiger partial charge in [0.05, 0.1) is 22.5 Å². The Kier molecular flexibility index (Phi) is 8.81. The first kappa shape index (κ1) is 28.4. The first-order chi connectivity index (χ1) is 18.5. The third-order valence-corrected chi connectivity index (χ3v) is 6.78. The van der Waals surface area contributed by atoms with Crippen molar-refractivity contribution in [1.29, 1.82) is 0 Å². The van der Waals surface area contributed by atoms with Gasteiger partial charge in [-0.15, -0.1) is 0 Å². The zero-order valence-electron chi connectivity index (χ0n) is 21.5. The van der Waals surface area contributed by atoms with Crippen LogP contribution >= 0.6 is 11.6 Å². The second kappa shape index (κ2) is 12.1. The van der Waals surface area contributed by atoms with Gasteiger partial charge in [-0.05, 0) is 49.2 Å². The van der Waals surface area contributed by atoms with Crippen LogP contribution in [0.25, 0.3) is 11.3 Å². The molecule has 2 N–H and O–H groups in total. The lowest BCUT2D eigenvalue weighted by atomic mass is 10.1. The summed E-state index contributed by atoms with van der Waals surface area (Å²) in [6.07, 6.45) is -1.32. The second-order valence-corrected chi connectivity index (χ2v) is 9.78. The van der Waals surface area contributed by atoms with E-state index in [1.807, 2.05) is 0 Å². The number of anilines is 1. The van der Waals surface area contributed by atoms with Crippen LogP contribution in [0.15, 0.2) is 48.7 Å². The predicted molar refractivity (Wildman–Crippen MR) is 142 cm³/mol. The van der Waals surface area contributed by atoms with Crippen LogP contribution in [0, 0.1) is 0 Å². The summed E-state index contributed by atoms with van der Waals surface area (Å²) in [5.74, 6) is -0.183. The number of aromatic nitrogens is 2. The first-order valence-electron chi connectivity index (χ1n) is 12.4. The fraction of sp³-hybridized carbons (Fsp3) is 0.370. The Labute approximate surface area is 229 Å². The van der Waals surface area contributed by atoms with Gasteiger partial charge in [0.25, 0.3) is 5.91 Å². The number of halogens is 4. The van der Waals surface area contributed by atoms with Crippen molar-refractivity contribution in [2.24, 2.45) is 7.05 Å². The van der Waals surface area contributed by atoms with Gasteiger partial charge in [0.15, 0.2) is 0 Å². The number of amides is 2. The molecule has 39 heavy (non-hydrogen) atoms. The molecule has 2 amide bonds. The largest absolute Gasteiger partial charge is 0.492 e. The highest BCUT2D eigenvalue weighted by atomic mass is 35.5. The fourth-order valence-electron chi connectivity index (χ4n) is 4.55. The van der Waals surface area contributed by atoms with Crippen LogP contribution in [0.5, 0.6) is 5.75 Å². The summed E-state index contributed by atoms with van der Waals surface area (Å²) < 4.78 is 47.0. The molecule has 0 aliphatic carbocycles. The van der Waals surface area contributed by atoms with Crippen LogP contribution in [0.2, 0.25) is 5.02 Å². The number of likely N-dealkylation sites (tertiary alicyclic amines) is 1. The molecule has 0 spiro atoms. The number of nitrogens with one attached hydrogen (secondary N) is 2. The first-order valence-corrected chi connectivity index (χ1v) is 12.8. The molecule has 1 aliphatic rings. The zero-order chi connectivity index (χ0) is 28.2. The summed E-state index contributed by atoms with van der Waals surface area (Å²) in [7, 11) is 1.72. The van der Waals surface area contributed by atoms with Crippen molar-refractivity contribution in [3.05, 3.63) is 64.8 Å². The number of rotatable bonds is 8. The number of ether oxygens (including phenoxy) is 1. The molecule has 12 heteroatoms. The van der Waals surface area contributed by atoms with Gasteiger partial charge in [-0.1, -0.05) is 17.7 Å². The second-order valence-electron chi connectivity index (χ2n) is 9.37. The topological polar surface area (TPSA) is 88.5 Å². The minimum atomic E-state index is -4.56. The van der Waals surface area contributed by atoms with E-state index in [0.717, 1.165) is 38.1 Å². The zero-order valence-corrected chi connectivity index (χ0v) is 22.3. The van der Waals surface area contributed by atoms with Crippen molar-refractivity contribution >= 4 is 29.1 Å². The molecular formula is C27H29ClF3N5O3. The van der Waals surface area contributed by atoms with Crippen molar-refractivity contribution in [3.8, 4) is 17.0 Å². The summed E-state index contributed by atoms with van der Waals surface area (Å²) >= 11 is 6.40. The highest BCUT2D eigenvalue weighted by Gasteiger charge is 2.31. The normalized spacial score (nSPS) is 14.7. The molecule has 208 valence electrons. The maximum atomic E-state index is 13.1. The van der Waals surface area contributed by atoms with E-state index in [1.165, 1.54) is 25.3 Å². The van der Waals surface area contributed by atoms with Crippen LogP contribution < -0.4 is 15.4 Å². The number of hydrogen-bond acceptors (Lipinski definition) is 5. The monoisotopic (exact) mass is 563 g/mol. The molecule has 2 aromatic carbocycles. The van der Waals surface area contributed by atoms with E-state index < -0.39 is 17.6 Å². The Bertz CT molecular complexity index is 1320. The molecule has 1 aliphatic heterocycles. The molecule has 0 unspecified atom stereocenters. The Hall–Kier alpha value is -3.57. The lowest BCUT2D eigenvalue weighted by Crippen LogP contribution is -2.45. The average molecular weight is 564 g/mol. The van der Waals surface area contributed by atoms with Crippen molar-refractivity contribution < 1.29 is 27.5 Å². The molecule has 0 atom stereocenters. The number of carbonyl (C=O) groups is 2. The maximum absolute atomic E-state index is 13.1. The Morgan fingerprint density at radius 3 is 2.54 bits per heavy atom. The lowest BCUT2D eigenvalue weighted by Gasteiger charge is -2.32. The third-order valence-electron chi connectivity index (χ3n) is 6.50. The summed E-state index contributed by atoms with van der Waals surface area (Å²) in [5, 5.41) is 10.2. The minimum Gasteiger partial charge on any atom is -0.492 e. The Morgan fingerprint density at radius 1 is 1.15 bits per heavy atom. The van der Waals surface area contributed by atoms with E-state index in [2.05, 4.69) is 20.6 Å². The minimum absolute atomic E-state index is 0.0207. The van der Waals surface area contributed by atoms with Gasteiger partial charge in [-0.2, -0.15) is 18.3 Å². The van der Waals surface area contributed by atoms with Gasteiger partial charge in [0.1, 0.15) is 12.4 Å². The smallest absolute Gasteiger partial charge is 0.416 e. The fourth-order valence-corrected chi connectivity index (χ4v) is 4.81. The van der Waals surface area contributed by atoms with Crippen molar-refractivity contribution in [1.82, 2.24) is 20.0 Å². The number of hydrogen-bond donors (Lipinski definition) is 2. The van der Waals surface area contributed by atoms with Crippen molar-refractivity contribution in [2.45, 2.75) is 32.0 Å². The van der Waals surface area contributed by atoms with E-state index in [9.17, 15) is 22.8 Å². The molecule has 2 heterocycles. The van der Waals surface area contributed by atoms with Gasteiger partial charge in [0.2, 0.25) is 5.91 Å². The lowest BCUT2D eigenvalue weighted by molar-refractivity contribution is -0.137. The standard InChI is InChI=1S/C27H29ClF3N5O3/c1-17(37)33-20-8-10-36(11-9-20)12-13-39-24-7-6-21(15-22(24)25-23(28)16-32-35(25)2)34-26(38)18-4-3-5-19(14-18)27(29,30)31/h3-7,14-16,20H,8-13H2,1-2H3,(H,33,37)(H,34,38). The maximum Gasteiger partial charge on any atom is 0.416 e. The summed E-state index contributed by atoms with van der Waals surface area (Å²) in [6.45, 7) is 4.28. The third kappa shape index (κ3) is 7.30. The summed E-state index contributed by atoms with van der Waals surface area (Å²) in [4.78, 5) is 26.3. The number of aryl methyl sites for hydroxylation is 1. The molecular weight excluding hydrogens is 535 g/mol. The van der Waals surface area contributed by atoms with E-state index in [0.29, 0.717) is 40.9 Å². The van der Waals surface area contributed by atoms with Crippen LogP contribution in [-0.2, 0) is 18.0 Å². The molecule has 1 saturated heterocycles. The van der Waals surface area contributed by atoms with Crippen LogP contribution in [-0.4, -0.2) is 58.8 Å². The number of carbonyl (C=O) groups excluding carboxylic acids is 2. The molecule has 1 fully saturated rings. The summed E-state index contributed by atoms with van der Waals surface area (Å²) in [6, 6.07) is 9.38. The molecule has 3 aromatic rings. The number of nitrogens with zero attached hydrogens (tertiary/aromatic N) is 3. The molecule has 0 bridgehead atoms. The van der Waals surface area contributed by atoms with Gasteiger partial charge in [-0.25, -0.2) is 0 Å². The van der Waals surface area contributed by atoms with E-state index in [4.69, 9.17) is 16.3 Å². The molecule has 0 saturated carbocycles. The van der Waals surface area contributed by atoms with Gasteiger partial charge >= 0.3 is 6.18 Å². The summed E-state index contributed by atoms with van der Waals surface area (Å²) in [5.41, 5.74) is 0.481. The van der Waals surface area contributed by atoms with Gasteiger partial charge in [-0.3, -0.25) is 19.2 Å². The van der Waals surface area contributed by atoms with Crippen molar-refractivity contribution in [3.63, 3.8) is 0 Å². The number of piperidine rings is 1. The van der Waals surface area contributed by atoms with Gasteiger partial charge in [0, 0.05) is 56.5 Å². The Morgan fingerprint density at radius 2 is 1.90 bits per heavy atom. The quantitative estimate of drug-likeness (QED) is 0.403. The number of benzene rings is 2. The molecule has 1 aromatic heterocycles. The van der Waals surface area contributed by atoms with Crippen LogP contribution in [0.1, 0.15) is 35.7 Å². The molecule has 4 rings (SSSR count). The molecule has 8 nitrogen and oxygen atoms in total. The van der Waals surface area contributed by atoms with Crippen LogP contribution in [0.3, 0.4) is 0 Å². The van der Waals surface area contributed by atoms with E-state index in [1.54, 1.807) is 29.9 Å². The van der Waals surface area contributed by atoms with Crippen LogP contribution in [0.4, 0.5) is 18.9 Å².